The van der Waals surface area contributed by atoms with Gasteiger partial charge in [-0.1, -0.05) is 0 Å². The van der Waals surface area contributed by atoms with E-state index in [0.717, 1.165) is 24.2 Å². The Kier molecular flexibility index (Phi) is 3.65. The molecule has 1 aromatic carbocycles. The second kappa shape index (κ2) is 5.71. The molecule has 0 radical (unpaired) electrons. The van der Waals surface area contributed by atoms with Gasteiger partial charge in [0.1, 0.15) is 10.0 Å². The summed E-state index contributed by atoms with van der Waals surface area (Å²) in [6, 6.07) is 8.36. The van der Waals surface area contributed by atoms with E-state index < -0.39 is 15.8 Å². The van der Waals surface area contributed by atoms with E-state index in [9.17, 15) is 12.8 Å². The van der Waals surface area contributed by atoms with Crippen molar-refractivity contribution in [2.24, 2.45) is 0 Å². The SMILES string of the molecule is O=S(=O)(Nc1ccc(F)cc1)c1ccc(-c2cnc(C3CC3)o2)s1. The van der Waals surface area contributed by atoms with Crippen molar-refractivity contribution >= 4 is 27.0 Å². The van der Waals surface area contributed by atoms with Crippen molar-refractivity contribution in [1.29, 1.82) is 0 Å². The molecule has 0 amide bonds. The molecular weight excluding hydrogens is 351 g/mol. The number of benzene rings is 1. The highest BCUT2D eigenvalue weighted by atomic mass is 32.2. The minimum Gasteiger partial charge on any atom is -0.440 e. The molecule has 0 spiro atoms. The monoisotopic (exact) mass is 364 g/mol. The van der Waals surface area contributed by atoms with Gasteiger partial charge in [0, 0.05) is 11.6 Å². The van der Waals surface area contributed by atoms with Gasteiger partial charge in [-0.25, -0.2) is 17.8 Å². The van der Waals surface area contributed by atoms with Crippen molar-refractivity contribution in [3.8, 4) is 10.6 Å². The number of rotatable bonds is 5. The fourth-order valence-corrected chi connectivity index (χ4v) is 4.55. The molecule has 124 valence electrons. The second-order valence-electron chi connectivity index (χ2n) is 5.57. The predicted molar refractivity (Wildman–Crippen MR) is 89.0 cm³/mol. The van der Waals surface area contributed by atoms with Crippen LogP contribution in [-0.4, -0.2) is 13.4 Å². The second-order valence-corrected chi connectivity index (χ2v) is 8.56. The number of thiophene rings is 1. The highest BCUT2D eigenvalue weighted by molar-refractivity contribution is 7.94. The topological polar surface area (TPSA) is 72.2 Å². The molecule has 0 atom stereocenters. The van der Waals surface area contributed by atoms with Crippen LogP contribution in [0.5, 0.6) is 0 Å². The lowest BCUT2D eigenvalue weighted by Gasteiger charge is -2.05. The molecule has 0 bridgehead atoms. The number of halogens is 1. The molecule has 1 aliphatic rings. The summed E-state index contributed by atoms with van der Waals surface area (Å²) in [7, 11) is -3.73. The molecule has 24 heavy (non-hydrogen) atoms. The Morgan fingerprint density at radius 2 is 1.92 bits per heavy atom. The number of hydrogen-bond donors (Lipinski definition) is 1. The Morgan fingerprint density at radius 3 is 2.62 bits per heavy atom. The molecule has 5 nitrogen and oxygen atoms in total. The maximum absolute atomic E-state index is 12.9. The van der Waals surface area contributed by atoms with Gasteiger partial charge < -0.3 is 4.42 Å². The molecule has 0 unspecified atom stereocenters. The van der Waals surface area contributed by atoms with E-state index in [2.05, 4.69) is 9.71 Å². The molecule has 3 aromatic rings. The summed E-state index contributed by atoms with van der Waals surface area (Å²) in [6.07, 6.45) is 3.81. The van der Waals surface area contributed by atoms with Gasteiger partial charge in [0.15, 0.2) is 11.7 Å². The van der Waals surface area contributed by atoms with Crippen LogP contribution in [0.4, 0.5) is 10.1 Å². The third-order valence-corrected chi connectivity index (χ3v) is 6.61. The number of aromatic nitrogens is 1. The molecule has 1 N–H and O–H groups in total. The highest BCUT2D eigenvalue weighted by Gasteiger charge is 2.29. The van der Waals surface area contributed by atoms with Crippen molar-refractivity contribution in [1.82, 2.24) is 4.98 Å². The maximum atomic E-state index is 12.9. The first kappa shape index (κ1) is 15.3. The minimum atomic E-state index is -3.73. The number of nitrogens with zero attached hydrogens (tertiary/aromatic N) is 1. The number of anilines is 1. The van der Waals surface area contributed by atoms with E-state index in [4.69, 9.17) is 4.42 Å². The van der Waals surface area contributed by atoms with Crippen molar-refractivity contribution in [3.05, 3.63) is 54.3 Å². The fraction of sp³-hybridized carbons (Fsp3) is 0.188. The van der Waals surface area contributed by atoms with E-state index in [-0.39, 0.29) is 4.21 Å². The number of oxazole rings is 1. The van der Waals surface area contributed by atoms with Crippen molar-refractivity contribution in [3.63, 3.8) is 0 Å². The highest BCUT2D eigenvalue weighted by Crippen LogP contribution is 2.41. The lowest BCUT2D eigenvalue weighted by molar-refractivity contribution is 0.510. The van der Waals surface area contributed by atoms with Crippen LogP contribution >= 0.6 is 11.3 Å². The zero-order valence-electron chi connectivity index (χ0n) is 12.4. The van der Waals surface area contributed by atoms with Crippen molar-refractivity contribution in [2.75, 3.05) is 4.72 Å². The Hall–Kier alpha value is -2.19. The first-order valence-corrected chi connectivity index (χ1v) is 9.65. The molecule has 2 heterocycles. The quantitative estimate of drug-likeness (QED) is 0.736. The van der Waals surface area contributed by atoms with Crippen LogP contribution in [-0.2, 0) is 10.0 Å². The van der Waals surface area contributed by atoms with Crippen LogP contribution in [0.3, 0.4) is 0 Å². The molecule has 1 aliphatic carbocycles. The molecule has 1 fully saturated rings. The molecule has 0 saturated heterocycles. The largest absolute Gasteiger partial charge is 0.440 e. The van der Waals surface area contributed by atoms with Crippen LogP contribution in [0.1, 0.15) is 24.7 Å². The first-order valence-electron chi connectivity index (χ1n) is 7.35. The van der Waals surface area contributed by atoms with Crippen LogP contribution in [0.25, 0.3) is 10.6 Å². The standard InChI is InChI=1S/C16H13FN2O3S2/c17-11-3-5-12(6-4-11)19-24(20,21)15-8-7-14(23-15)13-9-18-16(22-13)10-1-2-10/h3-10,19H,1-2H2. The normalized spacial score (nSPS) is 14.7. The van der Waals surface area contributed by atoms with Crippen LogP contribution in [0.15, 0.2) is 51.2 Å². The minimum absolute atomic E-state index is 0.159. The smallest absolute Gasteiger partial charge is 0.271 e. The summed E-state index contributed by atoms with van der Waals surface area (Å²) >= 11 is 1.10. The van der Waals surface area contributed by atoms with Gasteiger partial charge in [-0.15, -0.1) is 11.3 Å². The third-order valence-electron chi connectivity index (χ3n) is 3.64. The lowest BCUT2D eigenvalue weighted by Crippen LogP contribution is -2.11. The Labute approximate surface area is 142 Å². The molecule has 8 heteroatoms. The number of sulfonamides is 1. The van der Waals surface area contributed by atoms with Gasteiger partial charge >= 0.3 is 0 Å². The zero-order valence-corrected chi connectivity index (χ0v) is 14.0. The Bertz CT molecular complexity index is 973. The summed E-state index contributed by atoms with van der Waals surface area (Å²) in [5.74, 6) is 1.27. The average Bonchev–Trinajstić information content (AvgIpc) is 3.09. The summed E-state index contributed by atoms with van der Waals surface area (Å²) in [5.41, 5.74) is 0.307. The van der Waals surface area contributed by atoms with Gasteiger partial charge in [0.2, 0.25) is 0 Å². The number of nitrogens with one attached hydrogen (secondary N) is 1. The molecule has 4 rings (SSSR count). The van der Waals surface area contributed by atoms with Crippen molar-refractivity contribution < 1.29 is 17.2 Å². The first-order chi connectivity index (χ1) is 11.5. The Morgan fingerprint density at radius 1 is 1.17 bits per heavy atom. The van der Waals surface area contributed by atoms with E-state index in [0.29, 0.717) is 28.1 Å². The van der Waals surface area contributed by atoms with Gasteiger partial charge in [-0.2, -0.15) is 0 Å². The van der Waals surface area contributed by atoms with Crippen LogP contribution < -0.4 is 4.72 Å². The predicted octanol–water partition coefficient (Wildman–Crippen LogP) is 4.22. The van der Waals surface area contributed by atoms with Gasteiger partial charge in [-0.05, 0) is 49.2 Å². The molecule has 0 aliphatic heterocycles. The third kappa shape index (κ3) is 3.07. The van der Waals surface area contributed by atoms with E-state index >= 15 is 0 Å². The summed E-state index contributed by atoms with van der Waals surface area (Å²) in [4.78, 5) is 4.94. The van der Waals surface area contributed by atoms with Gasteiger partial charge in [-0.3, -0.25) is 4.72 Å². The van der Waals surface area contributed by atoms with Crippen LogP contribution in [0.2, 0.25) is 0 Å². The summed E-state index contributed by atoms with van der Waals surface area (Å²) < 4.78 is 46.0. The average molecular weight is 364 g/mol. The van der Waals surface area contributed by atoms with Crippen LogP contribution in [0, 0.1) is 5.82 Å². The van der Waals surface area contributed by atoms with E-state index in [1.165, 1.54) is 30.3 Å². The molecule has 1 saturated carbocycles. The van der Waals surface area contributed by atoms with Crippen molar-refractivity contribution in [2.45, 2.75) is 23.0 Å². The van der Waals surface area contributed by atoms with E-state index in [1.807, 2.05) is 0 Å². The molecule has 2 aromatic heterocycles. The summed E-state index contributed by atoms with van der Waals surface area (Å²) in [5, 5.41) is 0. The zero-order chi connectivity index (χ0) is 16.7. The summed E-state index contributed by atoms with van der Waals surface area (Å²) in [6.45, 7) is 0. The number of hydrogen-bond acceptors (Lipinski definition) is 5. The molecular formula is C16H13FN2O3S2. The lowest BCUT2D eigenvalue weighted by atomic mass is 10.3. The van der Waals surface area contributed by atoms with Gasteiger partial charge in [0.05, 0.1) is 11.1 Å². The maximum Gasteiger partial charge on any atom is 0.271 e. The van der Waals surface area contributed by atoms with E-state index in [1.54, 1.807) is 12.3 Å². The Balaban J connectivity index is 1.57. The fourth-order valence-electron chi connectivity index (χ4n) is 2.24. The van der Waals surface area contributed by atoms with Gasteiger partial charge in [0.25, 0.3) is 10.0 Å².